The Morgan fingerprint density at radius 1 is 0.656 bits per heavy atom. The van der Waals surface area contributed by atoms with Crippen molar-refractivity contribution in [2.24, 2.45) is 0 Å². The maximum Gasteiger partial charge on any atom is 0.242 e. The zero-order valence-corrected chi connectivity index (χ0v) is 18.7. The molecule has 0 bridgehead atoms. The third-order valence-corrected chi connectivity index (χ3v) is 5.80. The molecular formula is C26H21Cl2N3O-2. The first-order chi connectivity index (χ1) is 14.8. The van der Waals surface area contributed by atoms with Gasteiger partial charge >= 0.3 is 0 Å². The van der Waals surface area contributed by atoms with E-state index < -0.39 is 5.41 Å². The minimum Gasteiger partial charge on any atom is -1.00 e. The number of hydrogen-bond acceptors (Lipinski definition) is 3. The van der Waals surface area contributed by atoms with Crippen LogP contribution in [-0.4, -0.2) is 15.9 Å². The number of aromatic nitrogens is 2. The fourth-order valence-electron chi connectivity index (χ4n) is 4.45. The van der Waals surface area contributed by atoms with E-state index in [4.69, 9.17) is 0 Å². The maximum atomic E-state index is 14.2. The number of halogens is 2. The standard InChI is InChI=1S/C26H21N3O.2ClH/c30-25-26(18-20-10-14-27-15-11-20,19-21-12-16-28-17-13-21)23-8-4-5-9-24(23)29(25)22-6-2-1-3-7-22;;/h1-17H,18-19H2;2*1H/p-2. The van der Waals surface area contributed by atoms with E-state index in [9.17, 15) is 4.79 Å². The first-order valence-electron chi connectivity index (χ1n) is 10.0. The fourth-order valence-corrected chi connectivity index (χ4v) is 4.45. The van der Waals surface area contributed by atoms with Gasteiger partial charge in [-0.1, -0.05) is 36.4 Å². The first-order valence-corrected chi connectivity index (χ1v) is 10.0. The fraction of sp³-hybridized carbons (Fsp3) is 0.115. The number of carbonyl (C=O) groups excluding carboxylic acids is 1. The Balaban J connectivity index is 0.00000144. The summed E-state index contributed by atoms with van der Waals surface area (Å²) in [5, 5.41) is 0. The summed E-state index contributed by atoms with van der Waals surface area (Å²) in [5.74, 6) is 0.100. The molecule has 0 N–H and O–H groups in total. The summed E-state index contributed by atoms with van der Waals surface area (Å²) in [6.45, 7) is 0. The van der Waals surface area contributed by atoms with Crippen molar-refractivity contribution in [3.63, 3.8) is 0 Å². The predicted octanol–water partition coefficient (Wildman–Crippen LogP) is -1.11. The molecule has 162 valence electrons. The average molecular weight is 462 g/mol. The van der Waals surface area contributed by atoms with Gasteiger partial charge in [0.15, 0.2) is 0 Å². The van der Waals surface area contributed by atoms with E-state index in [0.29, 0.717) is 12.8 Å². The molecule has 2 aromatic carbocycles. The number of rotatable bonds is 5. The van der Waals surface area contributed by atoms with Crippen LogP contribution in [0.2, 0.25) is 0 Å². The summed E-state index contributed by atoms with van der Waals surface area (Å²) < 4.78 is 0. The van der Waals surface area contributed by atoms with Crippen LogP contribution in [0.3, 0.4) is 0 Å². The van der Waals surface area contributed by atoms with Crippen molar-refractivity contribution in [3.05, 3.63) is 120 Å². The van der Waals surface area contributed by atoms with Crippen LogP contribution >= 0.6 is 0 Å². The highest BCUT2D eigenvalue weighted by Gasteiger charge is 2.51. The van der Waals surface area contributed by atoms with Gasteiger partial charge in [0.05, 0.1) is 11.1 Å². The summed E-state index contributed by atoms with van der Waals surface area (Å²) in [6, 6.07) is 26.0. The van der Waals surface area contributed by atoms with E-state index in [0.717, 1.165) is 28.1 Å². The third kappa shape index (κ3) is 4.12. The highest BCUT2D eigenvalue weighted by molar-refractivity contribution is 6.13. The van der Waals surface area contributed by atoms with E-state index in [-0.39, 0.29) is 30.7 Å². The molecule has 0 radical (unpaired) electrons. The van der Waals surface area contributed by atoms with Gasteiger partial charge in [-0.05, 0) is 72.0 Å². The van der Waals surface area contributed by atoms with Gasteiger partial charge in [-0.15, -0.1) is 0 Å². The van der Waals surface area contributed by atoms with E-state index >= 15 is 0 Å². The highest BCUT2D eigenvalue weighted by Crippen LogP contribution is 2.48. The van der Waals surface area contributed by atoms with Crippen molar-refractivity contribution < 1.29 is 29.6 Å². The summed E-state index contributed by atoms with van der Waals surface area (Å²) >= 11 is 0. The molecule has 6 heteroatoms. The van der Waals surface area contributed by atoms with Crippen LogP contribution in [-0.2, 0) is 23.1 Å². The average Bonchev–Trinajstić information content (AvgIpc) is 3.04. The second kappa shape index (κ2) is 9.94. The van der Waals surface area contributed by atoms with Crippen LogP contribution < -0.4 is 29.7 Å². The largest absolute Gasteiger partial charge is 1.00 e. The number of fused-ring (bicyclic) bond motifs is 1. The number of carbonyl (C=O) groups is 1. The number of para-hydroxylation sites is 2. The lowest BCUT2D eigenvalue weighted by Crippen LogP contribution is -3.00. The lowest BCUT2D eigenvalue weighted by Gasteiger charge is -2.29. The van der Waals surface area contributed by atoms with E-state index in [2.05, 4.69) is 16.0 Å². The van der Waals surface area contributed by atoms with Crippen molar-refractivity contribution in [1.29, 1.82) is 0 Å². The van der Waals surface area contributed by atoms with Crippen LogP contribution in [0, 0.1) is 0 Å². The molecule has 4 nitrogen and oxygen atoms in total. The third-order valence-electron chi connectivity index (χ3n) is 5.80. The lowest BCUT2D eigenvalue weighted by molar-refractivity contribution is -0.122. The van der Waals surface area contributed by atoms with E-state index in [1.54, 1.807) is 24.8 Å². The van der Waals surface area contributed by atoms with Crippen LogP contribution in [0.15, 0.2) is 104 Å². The number of anilines is 2. The van der Waals surface area contributed by atoms with E-state index in [1.807, 2.05) is 77.7 Å². The second-order valence-electron chi connectivity index (χ2n) is 7.64. The van der Waals surface area contributed by atoms with Crippen molar-refractivity contribution in [2.45, 2.75) is 18.3 Å². The van der Waals surface area contributed by atoms with Gasteiger partial charge in [-0.2, -0.15) is 0 Å². The van der Waals surface area contributed by atoms with Gasteiger partial charge in [0.25, 0.3) is 0 Å². The molecule has 0 atom stereocenters. The molecule has 3 heterocycles. The minimum atomic E-state index is -0.699. The molecule has 32 heavy (non-hydrogen) atoms. The second-order valence-corrected chi connectivity index (χ2v) is 7.64. The van der Waals surface area contributed by atoms with Crippen LogP contribution in [0.25, 0.3) is 0 Å². The van der Waals surface area contributed by atoms with Gasteiger partial charge in [0.1, 0.15) is 0 Å². The Morgan fingerprint density at radius 2 is 1.16 bits per heavy atom. The SMILES string of the molecule is O=C1N(c2ccccc2)c2ccccc2C1(Cc1ccncc1)Cc1ccncc1.[Cl-].[Cl-]. The topological polar surface area (TPSA) is 46.1 Å². The molecule has 0 saturated heterocycles. The molecule has 4 aromatic rings. The molecule has 1 aliphatic rings. The predicted molar refractivity (Wildman–Crippen MR) is 118 cm³/mol. The zero-order chi connectivity index (χ0) is 20.4. The minimum absolute atomic E-state index is 0. The van der Waals surface area contributed by atoms with Crippen molar-refractivity contribution in [2.75, 3.05) is 4.90 Å². The van der Waals surface area contributed by atoms with E-state index in [1.165, 1.54) is 0 Å². The van der Waals surface area contributed by atoms with Crippen LogP contribution in [0.4, 0.5) is 11.4 Å². The molecule has 0 fully saturated rings. The van der Waals surface area contributed by atoms with Crippen LogP contribution in [0.5, 0.6) is 0 Å². The molecule has 1 aliphatic heterocycles. The molecule has 2 aromatic heterocycles. The molecule has 0 aliphatic carbocycles. The smallest absolute Gasteiger partial charge is 0.242 e. The Bertz CT molecular complexity index is 1130. The summed E-state index contributed by atoms with van der Waals surface area (Å²) in [5.41, 5.74) is 4.40. The maximum absolute atomic E-state index is 14.2. The zero-order valence-electron chi connectivity index (χ0n) is 17.2. The van der Waals surface area contributed by atoms with Crippen molar-refractivity contribution in [3.8, 4) is 0 Å². The number of hydrogen-bond donors (Lipinski definition) is 0. The molecule has 0 unspecified atom stereocenters. The van der Waals surface area contributed by atoms with Gasteiger partial charge in [0.2, 0.25) is 5.91 Å². The molecule has 5 rings (SSSR count). The number of pyridine rings is 2. The van der Waals surface area contributed by atoms with Gasteiger partial charge in [-0.25, -0.2) is 0 Å². The van der Waals surface area contributed by atoms with Crippen molar-refractivity contribution >= 4 is 17.3 Å². The number of amides is 1. The first kappa shape index (κ1) is 23.5. The summed E-state index contributed by atoms with van der Waals surface area (Å²) in [7, 11) is 0. The number of benzene rings is 2. The molecular weight excluding hydrogens is 441 g/mol. The normalized spacial score (nSPS) is 13.6. The summed E-state index contributed by atoms with van der Waals surface area (Å²) in [6.07, 6.45) is 8.37. The Hall–Kier alpha value is -3.21. The highest BCUT2D eigenvalue weighted by atomic mass is 35.5. The summed E-state index contributed by atoms with van der Waals surface area (Å²) in [4.78, 5) is 24.4. The van der Waals surface area contributed by atoms with Crippen LogP contribution in [0.1, 0.15) is 16.7 Å². The molecule has 1 amide bonds. The monoisotopic (exact) mass is 461 g/mol. The Kier molecular flexibility index (Phi) is 7.29. The lowest BCUT2D eigenvalue weighted by atomic mass is 9.72. The van der Waals surface area contributed by atoms with Gasteiger partial charge < -0.3 is 24.8 Å². The molecule has 0 spiro atoms. The van der Waals surface area contributed by atoms with Crippen molar-refractivity contribution in [1.82, 2.24) is 9.97 Å². The Morgan fingerprint density at radius 3 is 1.72 bits per heavy atom. The Labute approximate surface area is 200 Å². The quantitative estimate of drug-likeness (QED) is 0.378. The number of nitrogens with zero attached hydrogens (tertiary/aromatic N) is 3. The van der Waals surface area contributed by atoms with Gasteiger partial charge in [-0.3, -0.25) is 19.7 Å². The van der Waals surface area contributed by atoms with Gasteiger partial charge in [0, 0.05) is 30.5 Å². The molecule has 0 saturated carbocycles.